The molecule has 7 heteroatoms. The first-order chi connectivity index (χ1) is 10.9. The van der Waals surface area contributed by atoms with Crippen LogP contribution in [0.2, 0.25) is 0 Å². The fraction of sp³-hybridized carbons (Fsp3) is 0.500. The molecule has 0 radical (unpaired) electrons. The van der Waals surface area contributed by atoms with Gasteiger partial charge in [0, 0.05) is 38.2 Å². The minimum atomic E-state index is -0.524. The van der Waals surface area contributed by atoms with Crippen LogP contribution in [-0.4, -0.2) is 50.0 Å². The van der Waals surface area contributed by atoms with Gasteiger partial charge in [0.2, 0.25) is 5.91 Å². The van der Waals surface area contributed by atoms with E-state index in [9.17, 15) is 13.6 Å². The number of halogens is 2. The summed E-state index contributed by atoms with van der Waals surface area (Å²) >= 11 is 0. The molecule has 1 saturated carbocycles. The summed E-state index contributed by atoms with van der Waals surface area (Å²) in [6.45, 7) is 2.56. The average Bonchev–Trinajstić information content (AvgIpc) is 3.23. The minimum absolute atomic E-state index is 0.0216. The molecule has 0 spiro atoms. The summed E-state index contributed by atoms with van der Waals surface area (Å²) in [6, 6.07) is 3.80. The van der Waals surface area contributed by atoms with Crippen LogP contribution in [0.1, 0.15) is 24.8 Å². The summed E-state index contributed by atoms with van der Waals surface area (Å²) in [5.41, 5.74) is 0.116. The molecule has 5 nitrogen and oxygen atoms in total. The highest BCUT2D eigenvalue weighted by Crippen LogP contribution is 2.42. The molecule has 126 valence electrons. The van der Waals surface area contributed by atoms with Crippen LogP contribution in [0.25, 0.3) is 0 Å². The molecule has 0 aliphatic heterocycles. The molecule has 1 aromatic rings. The Balaban J connectivity index is 2.00. The van der Waals surface area contributed by atoms with Gasteiger partial charge in [0.05, 0.1) is 0 Å². The standard InChI is InChI=1S/C16H22F2N4O/c1-4-19-16(20-9-14(23)22(2)3)21-13-8-10(13)15-11(17)6-5-7-12(15)18/h5-7,10,13H,4,8-9H2,1-3H3,(H2,19,20,21). The second-order valence-electron chi connectivity index (χ2n) is 5.71. The van der Waals surface area contributed by atoms with E-state index in [1.807, 2.05) is 6.92 Å². The fourth-order valence-corrected chi connectivity index (χ4v) is 2.32. The van der Waals surface area contributed by atoms with E-state index in [1.54, 1.807) is 14.1 Å². The fourth-order valence-electron chi connectivity index (χ4n) is 2.32. The molecular weight excluding hydrogens is 302 g/mol. The van der Waals surface area contributed by atoms with E-state index in [1.165, 1.54) is 23.1 Å². The van der Waals surface area contributed by atoms with E-state index in [4.69, 9.17) is 0 Å². The molecule has 2 unspecified atom stereocenters. The highest BCUT2D eigenvalue weighted by Gasteiger charge is 2.42. The highest BCUT2D eigenvalue weighted by atomic mass is 19.1. The zero-order valence-electron chi connectivity index (χ0n) is 13.6. The number of carbonyl (C=O) groups excluding carboxylic acids is 1. The molecule has 0 bridgehead atoms. The molecule has 23 heavy (non-hydrogen) atoms. The van der Waals surface area contributed by atoms with Crippen molar-refractivity contribution in [3.05, 3.63) is 35.4 Å². The Hall–Kier alpha value is -2.18. The molecule has 1 amide bonds. The Bertz CT molecular complexity index is 583. The number of nitrogens with zero attached hydrogens (tertiary/aromatic N) is 2. The molecule has 2 atom stereocenters. The van der Waals surface area contributed by atoms with Gasteiger partial charge in [-0.15, -0.1) is 0 Å². The summed E-state index contributed by atoms with van der Waals surface area (Å²) in [5.74, 6) is -0.903. The van der Waals surface area contributed by atoms with Crippen molar-refractivity contribution >= 4 is 11.9 Å². The first-order valence-corrected chi connectivity index (χ1v) is 7.63. The summed E-state index contributed by atoms with van der Waals surface area (Å²) in [4.78, 5) is 17.3. The van der Waals surface area contributed by atoms with E-state index < -0.39 is 11.6 Å². The largest absolute Gasteiger partial charge is 0.357 e. The third-order valence-electron chi connectivity index (χ3n) is 3.70. The quantitative estimate of drug-likeness (QED) is 0.637. The van der Waals surface area contributed by atoms with E-state index in [0.29, 0.717) is 18.9 Å². The average molecular weight is 324 g/mol. The van der Waals surface area contributed by atoms with Crippen molar-refractivity contribution in [2.45, 2.75) is 25.3 Å². The predicted molar refractivity (Wildman–Crippen MR) is 85.3 cm³/mol. The third-order valence-corrected chi connectivity index (χ3v) is 3.70. The van der Waals surface area contributed by atoms with Gasteiger partial charge >= 0.3 is 0 Å². The lowest BCUT2D eigenvalue weighted by Gasteiger charge is -2.13. The van der Waals surface area contributed by atoms with Crippen molar-refractivity contribution in [2.75, 3.05) is 27.2 Å². The number of hydrogen-bond donors (Lipinski definition) is 2. The summed E-state index contributed by atoms with van der Waals surface area (Å²) in [6.07, 6.45) is 0.629. The van der Waals surface area contributed by atoms with Crippen LogP contribution in [0.5, 0.6) is 0 Å². The molecule has 1 aliphatic rings. The van der Waals surface area contributed by atoms with E-state index in [0.717, 1.165) is 0 Å². The molecule has 1 fully saturated rings. The van der Waals surface area contributed by atoms with Crippen LogP contribution in [0.15, 0.2) is 23.2 Å². The summed E-state index contributed by atoms with van der Waals surface area (Å²) in [7, 11) is 3.33. The van der Waals surface area contributed by atoms with Crippen molar-refractivity contribution < 1.29 is 13.6 Å². The molecule has 2 N–H and O–H groups in total. The number of amides is 1. The van der Waals surface area contributed by atoms with Crippen molar-refractivity contribution in [3.8, 4) is 0 Å². The van der Waals surface area contributed by atoms with Crippen molar-refractivity contribution in [1.82, 2.24) is 15.5 Å². The number of guanidine groups is 1. The Labute approximate surface area is 134 Å². The Morgan fingerprint density at radius 1 is 1.35 bits per heavy atom. The topological polar surface area (TPSA) is 56.7 Å². The maximum absolute atomic E-state index is 13.8. The molecule has 0 aromatic heterocycles. The van der Waals surface area contributed by atoms with Crippen molar-refractivity contribution in [1.29, 1.82) is 0 Å². The molecule has 2 rings (SSSR count). The zero-order chi connectivity index (χ0) is 17.0. The van der Waals surface area contributed by atoms with Crippen LogP contribution < -0.4 is 10.6 Å². The summed E-state index contributed by atoms with van der Waals surface area (Å²) < 4.78 is 27.6. The lowest BCUT2D eigenvalue weighted by molar-refractivity contribution is -0.127. The molecular formula is C16H22F2N4O. The molecule has 0 saturated heterocycles. The monoisotopic (exact) mass is 324 g/mol. The number of likely N-dealkylation sites (N-methyl/N-ethyl adjacent to an activating group) is 1. The lowest BCUT2D eigenvalue weighted by atomic mass is 10.1. The molecule has 1 aromatic carbocycles. The second kappa shape index (κ2) is 7.39. The Morgan fingerprint density at radius 3 is 2.57 bits per heavy atom. The van der Waals surface area contributed by atoms with E-state index in [-0.39, 0.29) is 30.0 Å². The van der Waals surface area contributed by atoms with Crippen LogP contribution in [0, 0.1) is 11.6 Å². The van der Waals surface area contributed by atoms with Crippen molar-refractivity contribution in [2.24, 2.45) is 4.99 Å². The zero-order valence-corrected chi connectivity index (χ0v) is 13.6. The van der Waals surface area contributed by atoms with Crippen LogP contribution in [0.3, 0.4) is 0 Å². The molecule has 1 aliphatic carbocycles. The lowest BCUT2D eigenvalue weighted by Crippen LogP contribution is -2.40. The third kappa shape index (κ3) is 4.40. The maximum Gasteiger partial charge on any atom is 0.243 e. The molecule has 0 heterocycles. The highest BCUT2D eigenvalue weighted by molar-refractivity contribution is 5.85. The smallest absolute Gasteiger partial charge is 0.243 e. The number of carbonyl (C=O) groups is 1. The van der Waals surface area contributed by atoms with Gasteiger partial charge in [0.1, 0.15) is 18.2 Å². The van der Waals surface area contributed by atoms with Gasteiger partial charge in [0.25, 0.3) is 0 Å². The van der Waals surface area contributed by atoms with Crippen molar-refractivity contribution in [3.63, 3.8) is 0 Å². The van der Waals surface area contributed by atoms with Crippen LogP contribution in [-0.2, 0) is 4.79 Å². The number of aliphatic imine (C=N–C) groups is 1. The summed E-state index contributed by atoms with van der Waals surface area (Å²) in [5, 5.41) is 6.15. The van der Waals surface area contributed by atoms with Gasteiger partial charge in [-0.1, -0.05) is 6.07 Å². The second-order valence-corrected chi connectivity index (χ2v) is 5.71. The van der Waals surface area contributed by atoms with Gasteiger partial charge in [0.15, 0.2) is 5.96 Å². The van der Waals surface area contributed by atoms with Gasteiger partial charge in [-0.25, -0.2) is 13.8 Å². The van der Waals surface area contributed by atoms with Crippen LogP contribution in [0.4, 0.5) is 8.78 Å². The normalized spacial score (nSPS) is 20.1. The van der Waals surface area contributed by atoms with Gasteiger partial charge < -0.3 is 15.5 Å². The first-order valence-electron chi connectivity index (χ1n) is 7.63. The van der Waals surface area contributed by atoms with Gasteiger partial charge in [-0.3, -0.25) is 4.79 Å². The van der Waals surface area contributed by atoms with Crippen LogP contribution >= 0.6 is 0 Å². The number of hydrogen-bond acceptors (Lipinski definition) is 2. The first kappa shape index (κ1) is 17.2. The van der Waals surface area contributed by atoms with Gasteiger partial charge in [-0.2, -0.15) is 0 Å². The minimum Gasteiger partial charge on any atom is -0.357 e. The maximum atomic E-state index is 13.8. The van der Waals surface area contributed by atoms with E-state index >= 15 is 0 Å². The Morgan fingerprint density at radius 2 is 2.00 bits per heavy atom. The predicted octanol–water partition coefficient (Wildman–Crippen LogP) is 1.46. The van der Waals surface area contributed by atoms with E-state index in [2.05, 4.69) is 15.6 Å². The Kier molecular flexibility index (Phi) is 5.52. The number of rotatable bonds is 5. The SMILES string of the molecule is CCNC(=NCC(=O)N(C)C)NC1CC1c1c(F)cccc1F. The van der Waals surface area contributed by atoms with Gasteiger partial charge in [-0.05, 0) is 25.5 Å². The number of nitrogens with one attached hydrogen (secondary N) is 2. The number of benzene rings is 1.